The molecular formula is C14H18FN5O. The molecule has 3 N–H and O–H groups in total. The van der Waals surface area contributed by atoms with Gasteiger partial charge in [-0.05, 0) is 19.4 Å². The number of rotatable bonds is 6. The van der Waals surface area contributed by atoms with Gasteiger partial charge in [-0.1, -0.05) is 6.92 Å². The van der Waals surface area contributed by atoms with Gasteiger partial charge >= 0.3 is 0 Å². The summed E-state index contributed by atoms with van der Waals surface area (Å²) in [6.45, 7) is 4.49. The zero-order chi connectivity index (χ0) is 15.2. The standard InChI is InChI=1S/C14H18FN5O/c1-3-4-16-13-12(5-11(15)8-17-13)14(21)20-9(2)10-6-18-19-7-10/h5-9H,3-4H2,1-2H3,(H,16,17)(H,18,19)(H,20,21). The van der Waals surface area contributed by atoms with Gasteiger partial charge < -0.3 is 10.6 Å². The van der Waals surface area contributed by atoms with Crippen molar-refractivity contribution in [3.8, 4) is 0 Å². The molecule has 0 radical (unpaired) electrons. The fourth-order valence-corrected chi connectivity index (χ4v) is 1.85. The molecule has 1 atom stereocenters. The lowest BCUT2D eigenvalue weighted by Crippen LogP contribution is -2.27. The molecule has 0 spiro atoms. The first-order chi connectivity index (χ1) is 10.1. The molecule has 0 aliphatic heterocycles. The maximum absolute atomic E-state index is 13.4. The summed E-state index contributed by atoms with van der Waals surface area (Å²) in [5.41, 5.74) is 1.04. The lowest BCUT2D eigenvalue weighted by molar-refractivity contribution is 0.0940. The van der Waals surface area contributed by atoms with Gasteiger partial charge in [-0.2, -0.15) is 5.10 Å². The minimum atomic E-state index is -0.543. The summed E-state index contributed by atoms with van der Waals surface area (Å²) < 4.78 is 13.4. The zero-order valence-electron chi connectivity index (χ0n) is 12.0. The van der Waals surface area contributed by atoms with Gasteiger partial charge in [-0.15, -0.1) is 0 Å². The lowest BCUT2D eigenvalue weighted by atomic mass is 10.1. The number of nitrogens with one attached hydrogen (secondary N) is 3. The number of hydrogen-bond donors (Lipinski definition) is 3. The quantitative estimate of drug-likeness (QED) is 0.762. The second-order valence-electron chi connectivity index (χ2n) is 4.70. The van der Waals surface area contributed by atoms with Crippen LogP contribution in [-0.2, 0) is 0 Å². The van der Waals surface area contributed by atoms with Gasteiger partial charge in [0.2, 0.25) is 0 Å². The van der Waals surface area contributed by atoms with Crippen LogP contribution in [0.5, 0.6) is 0 Å². The number of halogens is 1. The molecule has 1 amide bonds. The van der Waals surface area contributed by atoms with Gasteiger partial charge in [-0.25, -0.2) is 9.37 Å². The van der Waals surface area contributed by atoms with Crippen LogP contribution in [0.15, 0.2) is 24.7 Å². The predicted octanol–water partition coefficient (Wildman–Crippen LogP) is 2.26. The highest BCUT2D eigenvalue weighted by atomic mass is 19.1. The number of aromatic amines is 1. The van der Waals surface area contributed by atoms with Crippen LogP contribution in [0.4, 0.5) is 10.2 Å². The Balaban J connectivity index is 2.15. The van der Waals surface area contributed by atoms with Gasteiger partial charge in [0.05, 0.1) is 24.0 Å². The van der Waals surface area contributed by atoms with Crippen LogP contribution in [0.1, 0.15) is 42.2 Å². The Kier molecular flexibility index (Phi) is 4.86. The topological polar surface area (TPSA) is 82.7 Å². The maximum Gasteiger partial charge on any atom is 0.255 e. The van der Waals surface area contributed by atoms with Gasteiger partial charge in [0.25, 0.3) is 5.91 Å². The molecule has 0 aromatic carbocycles. The molecule has 0 saturated carbocycles. The van der Waals surface area contributed by atoms with Gasteiger partial charge in [-0.3, -0.25) is 9.89 Å². The van der Waals surface area contributed by atoms with Crippen molar-refractivity contribution in [1.82, 2.24) is 20.5 Å². The van der Waals surface area contributed by atoms with Gasteiger partial charge in [0.15, 0.2) is 0 Å². The first kappa shape index (κ1) is 15.0. The highest BCUT2D eigenvalue weighted by Crippen LogP contribution is 2.16. The van der Waals surface area contributed by atoms with E-state index < -0.39 is 5.82 Å². The SMILES string of the molecule is CCCNc1ncc(F)cc1C(=O)NC(C)c1cn[nH]c1. The molecule has 0 bridgehead atoms. The van der Waals surface area contributed by atoms with Crippen LogP contribution in [0.25, 0.3) is 0 Å². The van der Waals surface area contributed by atoms with Crippen LogP contribution in [-0.4, -0.2) is 27.6 Å². The third kappa shape index (κ3) is 3.77. The van der Waals surface area contributed by atoms with E-state index >= 15 is 0 Å². The molecular weight excluding hydrogens is 273 g/mol. The van der Waals surface area contributed by atoms with E-state index in [1.165, 1.54) is 6.07 Å². The highest BCUT2D eigenvalue weighted by Gasteiger charge is 2.17. The summed E-state index contributed by atoms with van der Waals surface area (Å²) in [6.07, 6.45) is 5.30. The molecule has 112 valence electrons. The Morgan fingerprint density at radius 3 is 2.95 bits per heavy atom. The summed E-state index contributed by atoms with van der Waals surface area (Å²) in [7, 11) is 0. The third-order valence-corrected chi connectivity index (χ3v) is 3.01. The molecule has 1 unspecified atom stereocenters. The first-order valence-electron chi connectivity index (χ1n) is 6.80. The zero-order valence-corrected chi connectivity index (χ0v) is 12.0. The first-order valence-corrected chi connectivity index (χ1v) is 6.80. The molecule has 0 fully saturated rings. The Morgan fingerprint density at radius 1 is 1.48 bits per heavy atom. The Morgan fingerprint density at radius 2 is 2.29 bits per heavy atom. The number of amides is 1. The third-order valence-electron chi connectivity index (χ3n) is 3.01. The number of aromatic nitrogens is 3. The molecule has 2 aromatic rings. The molecule has 2 aromatic heterocycles. The van der Waals surface area contributed by atoms with Crippen molar-refractivity contribution in [1.29, 1.82) is 0 Å². The number of nitrogens with zero attached hydrogens (tertiary/aromatic N) is 2. The number of carbonyl (C=O) groups excluding carboxylic acids is 1. The van der Waals surface area contributed by atoms with E-state index in [0.29, 0.717) is 12.4 Å². The van der Waals surface area contributed by atoms with Crippen molar-refractivity contribution in [2.75, 3.05) is 11.9 Å². The number of anilines is 1. The second kappa shape index (κ2) is 6.83. The van der Waals surface area contributed by atoms with Gasteiger partial charge in [0.1, 0.15) is 11.6 Å². The van der Waals surface area contributed by atoms with Crippen LogP contribution in [0.2, 0.25) is 0 Å². The van der Waals surface area contributed by atoms with Crippen LogP contribution in [0, 0.1) is 5.82 Å². The van der Waals surface area contributed by atoms with E-state index in [0.717, 1.165) is 18.2 Å². The van der Waals surface area contributed by atoms with E-state index in [4.69, 9.17) is 0 Å². The highest BCUT2D eigenvalue weighted by molar-refractivity contribution is 5.98. The smallest absolute Gasteiger partial charge is 0.255 e. The molecule has 6 nitrogen and oxygen atoms in total. The van der Waals surface area contributed by atoms with Crippen molar-refractivity contribution in [3.05, 3.63) is 41.6 Å². The second-order valence-corrected chi connectivity index (χ2v) is 4.70. The van der Waals surface area contributed by atoms with E-state index in [1.54, 1.807) is 12.4 Å². The fraction of sp³-hybridized carbons (Fsp3) is 0.357. The molecule has 2 heterocycles. The summed E-state index contributed by atoms with van der Waals surface area (Å²) in [6, 6.07) is 0.945. The summed E-state index contributed by atoms with van der Waals surface area (Å²) in [4.78, 5) is 16.2. The summed E-state index contributed by atoms with van der Waals surface area (Å²) >= 11 is 0. The molecule has 0 saturated heterocycles. The predicted molar refractivity (Wildman–Crippen MR) is 77.4 cm³/mol. The fourth-order valence-electron chi connectivity index (χ4n) is 1.85. The molecule has 7 heteroatoms. The molecule has 0 aliphatic carbocycles. The van der Waals surface area contributed by atoms with Gasteiger partial charge in [0, 0.05) is 18.3 Å². The molecule has 0 aliphatic rings. The van der Waals surface area contributed by atoms with Crippen molar-refractivity contribution < 1.29 is 9.18 Å². The van der Waals surface area contributed by atoms with Crippen molar-refractivity contribution in [2.45, 2.75) is 26.3 Å². The number of pyridine rings is 1. The average Bonchev–Trinajstić information content (AvgIpc) is 3.00. The molecule has 2 rings (SSSR count). The monoisotopic (exact) mass is 291 g/mol. The van der Waals surface area contributed by atoms with E-state index in [9.17, 15) is 9.18 Å². The van der Waals surface area contributed by atoms with E-state index in [2.05, 4.69) is 25.8 Å². The van der Waals surface area contributed by atoms with Crippen molar-refractivity contribution in [2.24, 2.45) is 0 Å². The minimum absolute atomic E-state index is 0.193. The summed E-state index contributed by atoms with van der Waals surface area (Å²) in [5, 5.41) is 12.3. The Labute approximate surface area is 122 Å². The van der Waals surface area contributed by atoms with Crippen LogP contribution < -0.4 is 10.6 Å². The normalized spacial score (nSPS) is 12.0. The Bertz CT molecular complexity index is 599. The Hall–Kier alpha value is -2.44. The number of hydrogen-bond acceptors (Lipinski definition) is 4. The van der Waals surface area contributed by atoms with Crippen molar-refractivity contribution >= 4 is 11.7 Å². The van der Waals surface area contributed by atoms with Crippen molar-refractivity contribution in [3.63, 3.8) is 0 Å². The molecule has 21 heavy (non-hydrogen) atoms. The van der Waals surface area contributed by atoms with E-state index in [-0.39, 0.29) is 17.5 Å². The average molecular weight is 291 g/mol. The van der Waals surface area contributed by atoms with E-state index in [1.807, 2.05) is 13.8 Å². The maximum atomic E-state index is 13.4. The lowest BCUT2D eigenvalue weighted by Gasteiger charge is -2.14. The summed E-state index contributed by atoms with van der Waals surface area (Å²) in [5.74, 6) is -0.539. The number of carbonyl (C=O) groups is 1. The largest absolute Gasteiger partial charge is 0.369 e. The number of H-pyrrole nitrogens is 1. The van der Waals surface area contributed by atoms with Crippen LogP contribution >= 0.6 is 0 Å². The minimum Gasteiger partial charge on any atom is -0.369 e. The van der Waals surface area contributed by atoms with Crippen LogP contribution in [0.3, 0.4) is 0 Å².